The summed E-state index contributed by atoms with van der Waals surface area (Å²) in [5.41, 5.74) is 3.26. The Morgan fingerprint density at radius 3 is 2.22 bits per heavy atom. The first-order valence-electron chi connectivity index (χ1n) is 7.27. The third kappa shape index (κ3) is 3.00. The molecule has 0 spiro atoms. The highest BCUT2D eigenvalue weighted by Gasteiger charge is 2.07. The fraction of sp³-hybridized carbons (Fsp3) is 0. The normalized spacial score (nSPS) is 10.6. The Hall–Kier alpha value is -2.92. The summed E-state index contributed by atoms with van der Waals surface area (Å²) in [5.74, 6) is 0.692. The van der Waals surface area contributed by atoms with Gasteiger partial charge in [0, 0.05) is 6.20 Å². The molecule has 4 nitrogen and oxygen atoms in total. The lowest BCUT2D eigenvalue weighted by atomic mass is 10.2. The number of H-pyrrole nitrogens is 1. The lowest BCUT2D eigenvalue weighted by molar-refractivity contribution is 1.27. The minimum absolute atomic E-state index is 0.692. The topological polar surface area (TPSA) is 53.6 Å². The minimum Gasteiger partial charge on any atom is -0.324 e. The van der Waals surface area contributed by atoms with E-state index in [9.17, 15) is 0 Å². The van der Waals surface area contributed by atoms with Crippen LogP contribution in [0.1, 0.15) is 0 Å². The third-order valence-electron chi connectivity index (χ3n) is 3.45. The summed E-state index contributed by atoms with van der Waals surface area (Å²) in [7, 11) is 0. The van der Waals surface area contributed by atoms with Crippen LogP contribution in [0.25, 0.3) is 21.7 Å². The van der Waals surface area contributed by atoms with Crippen molar-refractivity contribution in [3.8, 4) is 21.7 Å². The molecule has 0 atom stereocenters. The first-order chi connectivity index (χ1) is 11.4. The van der Waals surface area contributed by atoms with Crippen LogP contribution in [0.2, 0.25) is 0 Å². The molecule has 112 valence electrons. The van der Waals surface area contributed by atoms with E-state index < -0.39 is 0 Å². The largest absolute Gasteiger partial charge is 0.324 e. The zero-order valence-electron chi connectivity index (χ0n) is 12.2. The van der Waals surface area contributed by atoms with E-state index in [2.05, 4.69) is 32.4 Å². The highest BCUT2D eigenvalue weighted by molar-refractivity contribution is 7.18. The average Bonchev–Trinajstić information content (AvgIpc) is 3.27. The standard InChI is InChI=1S/C18H14N4S/c1-3-7-13(8-4-1)15-11-19-17(21-15)22-18-20-12-16(23-18)14-9-5-2-6-10-14/h1-12H,(H2,19,20,21,22). The van der Waals surface area contributed by atoms with E-state index in [1.54, 1.807) is 11.3 Å². The molecule has 0 saturated heterocycles. The van der Waals surface area contributed by atoms with Crippen LogP contribution in [0.4, 0.5) is 11.1 Å². The van der Waals surface area contributed by atoms with Crippen LogP contribution in [0, 0.1) is 0 Å². The summed E-state index contributed by atoms with van der Waals surface area (Å²) >= 11 is 1.60. The molecule has 0 fully saturated rings. The van der Waals surface area contributed by atoms with Crippen LogP contribution in [-0.4, -0.2) is 15.0 Å². The maximum absolute atomic E-state index is 4.42. The van der Waals surface area contributed by atoms with Gasteiger partial charge in [-0.15, -0.1) is 0 Å². The van der Waals surface area contributed by atoms with E-state index in [1.165, 1.54) is 5.56 Å². The third-order valence-corrected chi connectivity index (χ3v) is 4.41. The highest BCUT2D eigenvalue weighted by atomic mass is 32.1. The molecule has 0 aliphatic rings. The van der Waals surface area contributed by atoms with E-state index >= 15 is 0 Å². The SMILES string of the molecule is c1ccc(-c2cnc(Nc3ncc(-c4ccccc4)s3)[nH]2)cc1. The zero-order chi connectivity index (χ0) is 15.5. The van der Waals surface area contributed by atoms with E-state index in [1.807, 2.05) is 60.9 Å². The van der Waals surface area contributed by atoms with Gasteiger partial charge in [0.05, 0.1) is 16.8 Å². The number of hydrogen-bond donors (Lipinski definition) is 2. The molecule has 4 aromatic rings. The number of aromatic amines is 1. The zero-order valence-corrected chi connectivity index (χ0v) is 13.0. The lowest BCUT2D eigenvalue weighted by Crippen LogP contribution is -1.90. The molecule has 0 aliphatic heterocycles. The van der Waals surface area contributed by atoms with E-state index in [4.69, 9.17) is 0 Å². The molecular weight excluding hydrogens is 304 g/mol. The van der Waals surface area contributed by atoms with E-state index in [-0.39, 0.29) is 0 Å². The second kappa shape index (κ2) is 6.06. The molecular formula is C18H14N4S. The second-order valence-electron chi connectivity index (χ2n) is 5.03. The summed E-state index contributed by atoms with van der Waals surface area (Å²) < 4.78 is 0. The maximum atomic E-state index is 4.42. The summed E-state index contributed by atoms with van der Waals surface area (Å²) in [5, 5.41) is 4.04. The van der Waals surface area contributed by atoms with Crippen molar-refractivity contribution in [1.29, 1.82) is 0 Å². The quantitative estimate of drug-likeness (QED) is 0.560. The number of benzene rings is 2. The predicted octanol–water partition coefficient (Wildman–Crippen LogP) is 4.94. The maximum Gasteiger partial charge on any atom is 0.206 e. The number of nitrogens with one attached hydrogen (secondary N) is 2. The van der Waals surface area contributed by atoms with Crippen LogP contribution < -0.4 is 5.32 Å². The fourth-order valence-electron chi connectivity index (χ4n) is 2.32. The molecule has 23 heavy (non-hydrogen) atoms. The Bertz CT molecular complexity index is 821. The van der Waals surface area contributed by atoms with Crippen LogP contribution in [-0.2, 0) is 0 Å². The van der Waals surface area contributed by atoms with Gasteiger partial charge in [-0.3, -0.25) is 0 Å². The van der Waals surface area contributed by atoms with Crippen LogP contribution in [0.15, 0.2) is 73.1 Å². The minimum atomic E-state index is 0.692. The van der Waals surface area contributed by atoms with Gasteiger partial charge in [0.1, 0.15) is 0 Å². The van der Waals surface area contributed by atoms with Crippen LogP contribution >= 0.6 is 11.3 Å². The van der Waals surface area contributed by atoms with Crippen molar-refractivity contribution < 1.29 is 0 Å². The number of thiazole rings is 1. The molecule has 0 unspecified atom stereocenters. The number of anilines is 2. The van der Waals surface area contributed by atoms with Gasteiger partial charge < -0.3 is 10.3 Å². The van der Waals surface area contributed by atoms with Crippen molar-refractivity contribution in [2.75, 3.05) is 5.32 Å². The second-order valence-corrected chi connectivity index (χ2v) is 6.06. The van der Waals surface area contributed by atoms with Crippen LogP contribution in [0.3, 0.4) is 0 Å². The summed E-state index contributed by atoms with van der Waals surface area (Å²) in [6.07, 6.45) is 3.70. The first kappa shape index (κ1) is 13.7. The van der Waals surface area contributed by atoms with Crippen molar-refractivity contribution in [1.82, 2.24) is 15.0 Å². The summed E-state index contributed by atoms with van der Waals surface area (Å²) in [6, 6.07) is 20.4. The van der Waals surface area contributed by atoms with Gasteiger partial charge >= 0.3 is 0 Å². The molecule has 0 bridgehead atoms. The highest BCUT2D eigenvalue weighted by Crippen LogP contribution is 2.30. The summed E-state index contributed by atoms with van der Waals surface area (Å²) in [4.78, 5) is 13.2. The van der Waals surface area contributed by atoms with Crippen molar-refractivity contribution in [2.45, 2.75) is 0 Å². The molecule has 2 aromatic heterocycles. The molecule has 0 aliphatic carbocycles. The lowest BCUT2D eigenvalue weighted by Gasteiger charge is -1.98. The Labute approximate surface area is 137 Å². The molecule has 0 amide bonds. The predicted molar refractivity (Wildman–Crippen MR) is 94.9 cm³/mol. The molecule has 0 radical (unpaired) electrons. The van der Waals surface area contributed by atoms with Gasteiger partial charge in [0.15, 0.2) is 5.13 Å². The number of nitrogens with zero attached hydrogens (tertiary/aromatic N) is 2. The molecule has 4 rings (SSSR count). The number of aromatic nitrogens is 3. The Morgan fingerprint density at radius 1 is 0.783 bits per heavy atom. The van der Waals surface area contributed by atoms with Gasteiger partial charge in [-0.25, -0.2) is 9.97 Å². The monoisotopic (exact) mass is 318 g/mol. The molecule has 5 heteroatoms. The molecule has 0 saturated carbocycles. The number of imidazole rings is 1. The fourth-order valence-corrected chi connectivity index (χ4v) is 3.14. The van der Waals surface area contributed by atoms with Crippen molar-refractivity contribution >= 4 is 22.4 Å². The van der Waals surface area contributed by atoms with Crippen molar-refractivity contribution in [3.05, 3.63) is 73.1 Å². The van der Waals surface area contributed by atoms with E-state index in [0.29, 0.717) is 5.95 Å². The van der Waals surface area contributed by atoms with Gasteiger partial charge in [0.2, 0.25) is 5.95 Å². The van der Waals surface area contributed by atoms with Gasteiger partial charge in [-0.1, -0.05) is 72.0 Å². The Balaban J connectivity index is 1.53. The van der Waals surface area contributed by atoms with Crippen molar-refractivity contribution in [3.63, 3.8) is 0 Å². The molecule has 2 aromatic carbocycles. The smallest absolute Gasteiger partial charge is 0.206 e. The number of rotatable bonds is 4. The van der Waals surface area contributed by atoms with Gasteiger partial charge in [-0.2, -0.15) is 0 Å². The van der Waals surface area contributed by atoms with Gasteiger partial charge in [-0.05, 0) is 11.1 Å². The Morgan fingerprint density at radius 2 is 1.48 bits per heavy atom. The van der Waals surface area contributed by atoms with Crippen molar-refractivity contribution in [2.24, 2.45) is 0 Å². The van der Waals surface area contributed by atoms with Crippen LogP contribution in [0.5, 0.6) is 0 Å². The molecule has 2 N–H and O–H groups in total. The average molecular weight is 318 g/mol. The first-order valence-corrected chi connectivity index (χ1v) is 8.09. The molecule has 2 heterocycles. The number of hydrogen-bond acceptors (Lipinski definition) is 4. The summed E-state index contributed by atoms with van der Waals surface area (Å²) in [6.45, 7) is 0. The Kier molecular flexibility index (Phi) is 3.62. The van der Waals surface area contributed by atoms with E-state index in [0.717, 1.165) is 21.3 Å². The van der Waals surface area contributed by atoms with Gasteiger partial charge in [0.25, 0.3) is 0 Å².